The van der Waals surface area contributed by atoms with E-state index in [0.29, 0.717) is 6.04 Å². The number of hydrogen-bond acceptors (Lipinski definition) is 2. The molecule has 0 bridgehead atoms. The Kier molecular flexibility index (Phi) is 2.58. The Labute approximate surface area is 97.5 Å². The predicted octanol–water partition coefficient (Wildman–Crippen LogP) is 3.17. The van der Waals surface area contributed by atoms with Crippen LogP contribution in [0, 0.1) is 5.92 Å². The van der Waals surface area contributed by atoms with Crippen molar-refractivity contribution in [3.05, 3.63) is 23.5 Å². The number of nitrogens with zero attached hydrogens (tertiary/aromatic N) is 1. The average Bonchev–Trinajstić information content (AvgIpc) is 3.04. The molecular formula is C14H20N2. The summed E-state index contributed by atoms with van der Waals surface area (Å²) < 4.78 is 0. The lowest BCUT2D eigenvalue weighted by atomic mass is 10.1. The van der Waals surface area contributed by atoms with Crippen LogP contribution in [0.25, 0.3) is 0 Å². The SMILES string of the molecule is CCC(Nc1cnc2c(c1)CCC2)C1CC1. The molecule has 2 aliphatic rings. The van der Waals surface area contributed by atoms with Crippen molar-refractivity contribution in [3.63, 3.8) is 0 Å². The van der Waals surface area contributed by atoms with Crippen LogP contribution in [0.2, 0.25) is 0 Å². The van der Waals surface area contributed by atoms with Crippen LogP contribution in [0.1, 0.15) is 43.9 Å². The summed E-state index contributed by atoms with van der Waals surface area (Å²) in [4.78, 5) is 4.56. The van der Waals surface area contributed by atoms with Crippen molar-refractivity contribution >= 4 is 5.69 Å². The summed E-state index contributed by atoms with van der Waals surface area (Å²) in [6, 6.07) is 2.99. The zero-order valence-corrected chi connectivity index (χ0v) is 10.00. The fraction of sp³-hybridized carbons (Fsp3) is 0.643. The third-order valence-corrected chi connectivity index (χ3v) is 3.90. The Balaban J connectivity index is 1.74. The van der Waals surface area contributed by atoms with Gasteiger partial charge in [0.1, 0.15) is 0 Å². The third kappa shape index (κ3) is 1.93. The number of rotatable bonds is 4. The van der Waals surface area contributed by atoms with Crippen molar-refractivity contribution in [1.29, 1.82) is 0 Å². The second-order valence-corrected chi connectivity index (χ2v) is 5.18. The monoisotopic (exact) mass is 216 g/mol. The second-order valence-electron chi connectivity index (χ2n) is 5.18. The lowest BCUT2D eigenvalue weighted by Gasteiger charge is -2.17. The number of anilines is 1. The number of aromatic nitrogens is 1. The summed E-state index contributed by atoms with van der Waals surface area (Å²) in [6.07, 6.45) is 9.74. The Morgan fingerprint density at radius 2 is 2.31 bits per heavy atom. The first-order chi connectivity index (χ1) is 7.86. The van der Waals surface area contributed by atoms with Crippen LogP contribution in [0.3, 0.4) is 0 Å². The van der Waals surface area contributed by atoms with E-state index in [9.17, 15) is 0 Å². The lowest BCUT2D eigenvalue weighted by molar-refractivity contribution is 0.616. The van der Waals surface area contributed by atoms with Crippen molar-refractivity contribution in [3.8, 4) is 0 Å². The van der Waals surface area contributed by atoms with E-state index >= 15 is 0 Å². The summed E-state index contributed by atoms with van der Waals surface area (Å²) >= 11 is 0. The Bertz CT molecular complexity index is 382. The number of nitrogens with one attached hydrogen (secondary N) is 1. The van der Waals surface area contributed by atoms with Crippen molar-refractivity contribution in [2.45, 2.75) is 51.5 Å². The van der Waals surface area contributed by atoms with Crippen molar-refractivity contribution in [2.24, 2.45) is 5.92 Å². The van der Waals surface area contributed by atoms with Gasteiger partial charge in [-0.2, -0.15) is 0 Å². The highest BCUT2D eigenvalue weighted by Gasteiger charge is 2.29. The average molecular weight is 216 g/mol. The topological polar surface area (TPSA) is 24.9 Å². The van der Waals surface area contributed by atoms with Crippen LogP contribution >= 0.6 is 0 Å². The Morgan fingerprint density at radius 3 is 3.06 bits per heavy atom. The second kappa shape index (κ2) is 4.08. The molecule has 16 heavy (non-hydrogen) atoms. The van der Waals surface area contributed by atoms with Gasteiger partial charge in [-0.3, -0.25) is 4.98 Å². The normalized spacial score (nSPS) is 20.6. The summed E-state index contributed by atoms with van der Waals surface area (Å²) in [6.45, 7) is 2.27. The molecular weight excluding hydrogens is 196 g/mol. The largest absolute Gasteiger partial charge is 0.381 e. The molecule has 1 fully saturated rings. The highest BCUT2D eigenvalue weighted by Crippen LogP contribution is 2.35. The molecule has 0 spiro atoms. The van der Waals surface area contributed by atoms with Crippen LogP contribution < -0.4 is 5.32 Å². The molecule has 3 rings (SSSR count). The van der Waals surface area contributed by atoms with E-state index in [0.717, 1.165) is 5.92 Å². The summed E-state index contributed by atoms with van der Waals surface area (Å²) in [7, 11) is 0. The third-order valence-electron chi connectivity index (χ3n) is 3.90. The van der Waals surface area contributed by atoms with Gasteiger partial charge in [-0.05, 0) is 56.1 Å². The van der Waals surface area contributed by atoms with E-state index in [1.165, 1.54) is 55.5 Å². The van der Waals surface area contributed by atoms with E-state index in [1.807, 2.05) is 6.20 Å². The Morgan fingerprint density at radius 1 is 1.44 bits per heavy atom. The van der Waals surface area contributed by atoms with E-state index in [1.54, 1.807) is 0 Å². The molecule has 1 saturated carbocycles. The fourth-order valence-corrected chi connectivity index (χ4v) is 2.77. The van der Waals surface area contributed by atoms with Gasteiger partial charge in [0.15, 0.2) is 0 Å². The van der Waals surface area contributed by atoms with Gasteiger partial charge in [0, 0.05) is 11.7 Å². The van der Waals surface area contributed by atoms with Crippen LogP contribution in [-0.2, 0) is 12.8 Å². The van der Waals surface area contributed by atoms with Gasteiger partial charge in [-0.15, -0.1) is 0 Å². The van der Waals surface area contributed by atoms with Gasteiger partial charge < -0.3 is 5.32 Å². The molecule has 2 aliphatic carbocycles. The molecule has 1 heterocycles. The van der Waals surface area contributed by atoms with E-state index in [4.69, 9.17) is 0 Å². The molecule has 1 aromatic heterocycles. The van der Waals surface area contributed by atoms with E-state index in [-0.39, 0.29) is 0 Å². The number of pyridine rings is 1. The molecule has 86 valence electrons. The number of fused-ring (bicyclic) bond motifs is 1. The maximum Gasteiger partial charge on any atom is 0.0531 e. The maximum absolute atomic E-state index is 4.56. The maximum atomic E-state index is 4.56. The molecule has 1 unspecified atom stereocenters. The minimum absolute atomic E-state index is 0.668. The Hall–Kier alpha value is -1.05. The molecule has 0 aliphatic heterocycles. The first-order valence-corrected chi connectivity index (χ1v) is 6.61. The van der Waals surface area contributed by atoms with Crippen LogP contribution in [-0.4, -0.2) is 11.0 Å². The summed E-state index contributed by atoms with van der Waals surface area (Å²) in [5.41, 5.74) is 4.03. The minimum Gasteiger partial charge on any atom is -0.381 e. The standard InChI is InChI=1S/C14H20N2/c1-2-13(10-6-7-10)16-12-8-11-4-3-5-14(11)15-9-12/h8-10,13,16H,2-7H2,1H3. The van der Waals surface area contributed by atoms with Gasteiger partial charge in [0.2, 0.25) is 0 Å². The van der Waals surface area contributed by atoms with E-state index in [2.05, 4.69) is 23.3 Å². The zero-order valence-electron chi connectivity index (χ0n) is 10.00. The summed E-state index contributed by atoms with van der Waals surface area (Å²) in [5.74, 6) is 0.915. The first-order valence-electron chi connectivity index (χ1n) is 6.61. The summed E-state index contributed by atoms with van der Waals surface area (Å²) in [5, 5.41) is 3.66. The smallest absolute Gasteiger partial charge is 0.0531 e. The molecule has 0 aromatic carbocycles. The lowest BCUT2D eigenvalue weighted by Crippen LogP contribution is -2.20. The molecule has 2 heteroatoms. The van der Waals surface area contributed by atoms with Gasteiger partial charge in [0.25, 0.3) is 0 Å². The predicted molar refractivity (Wildman–Crippen MR) is 66.7 cm³/mol. The van der Waals surface area contributed by atoms with Crippen molar-refractivity contribution in [2.75, 3.05) is 5.32 Å². The number of hydrogen-bond donors (Lipinski definition) is 1. The molecule has 2 nitrogen and oxygen atoms in total. The van der Waals surface area contributed by atoms with Crippen LogP contribution in [0.5, 0.6) is 0 Å². The molecule has 0 saturated heterocycles. The molecule has 1 atom stereocenters. The highest BCUT2D eigenvalue weighted by atomic mass is 14.9. The molecule has 0 radical (unpaired) electrons. The van der Waals surface area contributed by atoms with Gasteiger partial charge in [-0.1, -0.05) is 6.92 Å². The highest BCUT2D eigenvalue weighted by molar-refractivity contribution is 5.47. The van der Waals surface area contributed by atoms with Gasteiger partial charge in [-0.25, -0.2) is 0 Å². The van der Waals surface area contributed by atoms with Crippen molar-refractivity contribution < 1.29 is 0 Å². The van der Waals surface area contributed by atoms with Crippen molar-refractivity contribution in [1.82, 2.24) is 4.98 Å². The van der Waals surface area contributed by atoms with Crippen LogP contribution in [0.4, 0.5) is 5.69 Å². The van der Waals surface area contributed by atoms with Gasteiger partial charge in [0.05, 0.1) is 11.9 Å². The molecule has 0 amide bonds. The quantitative estimate of drug-likeness (QED) is 0.836. The van der Waals surface area contributed by atoms with Gasteiger partial charge >= 0.3 is 0 Å². The molecule has 1 N–H and O–H groups in total. The minimum atomic E-state index is 0.668. The van der Waals surface area contributed by atoms with Crippen LogP contribution in [0.15, 0.2) is 12.3 Å². The molecule has 1 aromatic rings. The zero-order chi connectivity index (χ0) is 11.0. The fourth-order valence-electron chi connectivity index (χ4n) is 2.77. The first kappa shape index (κ1) is 10.1. The number of aryl methyl sites for hydroxylation is 2. The van der Waals surface area contributed by atoms with E-state index < -0.39 is 0 Å².